The maximum atomic E-state index is 11.8. The summed E-state index contributed by atoms with van der Waals surface area (Å²) in [5.41, 5.74) is 5.27. The zero-order chi connectivity index (χ0) is 18.4. The van der Waals surface area contributed by atoms with E-state index in [0.717, 1.165) is 67.3 Å². The van der Waals surface area contributed by atoms with E-state index < -0.39 is 0 Å². The molecule has 1 aromatic rings. The molecule has 0 saturated carbocycles. The Kier molecular flexibility index (Phi) is 3.95. The average molecular weight is 362 g/mol. The molecule has 6 nitrogen and oxygen atoms in total. The van der Waals surface area contributed by atoms with E-state index in [9.17, 15) is 9.90 Å². The molecule has 1 fully saturated rings. The van der Waals surface area contributed by atoms with Crippen LogP contribution >= 0.6 is 0 Å². The fourth-order valence-corrected chi connectivity index (χ4v) is 4.24. The third-order valence-corrected chi connectivity index (χ3v) is 5.61. The number of hydrogen-bond donors (Lipinski definition) is 2. The van der Waals surface area contributed by atoms with Gasteiger partial charge in [0, 0.05) is 55.2 Å². The lowest BCUT2D eigenvalue weighted by Crippen LogP contribution is -2.31. The number of amides is 1. The van der Waals surface area contributed by atoms with E-state index in [0.29, 0.717) is 0 Å². The van der Waals surface area contributed by atoms with Crippen LogP contribution in [-0.2, 0) is 11.3 Å². The minimum absolute atomic E-state index is 0.0790. The molecule has 4 aliphatic heterocycles. The Hall–Kier alpha value is -2.70. The van der Waals surface area contributed by atoms with Crippen LogP contribution in [0.4, 0.5) is 0 Å². The van der Waals surface area contributed by atoms with Gasteiger partial charge in [-0.2, -0.15) is 0 Å². The second-order valence-corrected chi connectivity index (χ2v) is 7.38. The van der Waals surface area contributed by atoms with Crippen molar-refractivity contribution in [2.45, 2.75) is 32.0 Å². The Morgan fingerprint density at radius 1 is 1.19 bits per heavy atom. The normalized spacial score (nSPS) is 24.6. The molecule has 138 valence electrons. The van der Waals surface area contributed by atoms with Crippen LogP contribution in [0.3, 0.4) is 0 Å². The fraction of sp³-hybridized carbons (Fsp3) is 0.333. The van der Waals surface area contributed by atoms with Crippen LogP contribution in [0.5, 0.6) is 0 Å². The Morgan fingerprint density at radius 2 is 2.04 bits per heavy atom. The summed E-state index contributed by atoms with van der Waals surface area (Å²) in [7, 11) is 0. The lowest BCUT2D eigenvalue weighted by atomic mass is 10.1. The number of benzene rings is 1. The Labute approximate surface area is 158 Å². The van der Waals surface area contributed by atoms with Crippen molar-refractivity contribution in [1.82, 2.24) is 15.1 Å². The van der Waals surface area contributed by atoms with Crippen LogP contribution in [0.2, 0.25) is 0 Å². The van der Waals surface area contributed by atoms with Crippen LogP contribution < -0.4 is 5.32 Å². The average Bonchev–Trinajstić information content (AvgIpc) is 3.23. The lowest BCUT2D eigenvalue weighted by molar-refractivity contribution is -0.115. The molecule has 0 bridgehead atoms. The number of nitrogens with one attached hydrogen (secondary N) is 1. The monoisotopic (exact) mass is 362 g/mol. The summed E-state index contributed by atoms with van der Waals surface area (Å²) in [5, 5.41) is 13.0. The Bertz CT molecular complexity index is 911. The fourth-order valence-electron chi connectivity index (χ4n) is 4.24. The van der Waals surface area contributed by atoms with Gasteiger partial charge < -0.3 is 15.3 Å². The van der Waals surface area contributed by atoms with E-state index in [1.165, 1.54) is 5.56 Å². The first kappa shape index (κ1) is 16.5. The van der Waals surface area contributed by atoms with Gasteiger partial charge in [0.05, 0.1) is 5.70 Å². The molecule has 0 aliphatic carbocycles. The first-order valence-electron chi connectivity index (χ1n) is 9.48. The summed E-state index contributed by atoms with van der Waals surface area (Å²) >= 11 is 0. The number of likely N-dealkylation sites (tertiary alicyclic amines) is 1. The van der Waals surface area contributed by atoms with Gasteiger partial charge in [0.2, 0.25) is 5.91 Å². The largest absolute Gasteiger partial charge is 0.378 e. The van der Waals surface area contributed by atoms with Gasteiger partial charge in [-0.15, -0.1) is 0 Å². The van der Waals surface area contributed by atoms with Crippen molar-refractivity contribution in [2.75, 3.05) is 13.1 Å². The summed E-state index contributed by atoms with van der Waals surface area (Å²) in [6.45, 7) is 2.54. The van der Waals surface area contributed by atoms with Crippen LogP contribution in [0.15, 0.2) is 64.6 Å². The third kappa shape index (κ3) is 2.91. The van der Waals surface area contributed by atoms with Crippen molar-refractivity contribution >= 4 is 11.7 Å². The van der Waals surface area contributed by atoms with Gasteiger partial charge in [0.25, 0.3) is 0 Å². The Morgan fingerprint density at radius 3 is 2.81 bits per heavy atom. The van der Waals surface area contributed by atoms with E-state index in [1.807, 2.05) is 12.3 Å². The topological polar surface area (TPSA) is 68.2 Å². The summed E-state index contributed by atoms with van der Waals surface area (Å²) in [5.74, 6) is 0.839. The van der Waals surface area contributed by atoms with E-state index in [2.05, 4.69) is 44.4 Å². The van der Waals surface area contributed by atoms with Crippen LogP contribution in [0, 0.1) is 0 Å². The SMILES string of the molecule is O=C1C=CC2=CN=C(c3ccc(CN4CCCC4O)cc3)N3CCC(=C23)N1. The number of allylic oxidation sites excluding steroid dienone is 1. The molecule has 0 spiro atoms. The highest BCUT2D eigenvalue weighted by Gasteiger charge is 2.32. The summed E-state index contributed by atoms with van der Waals surface area (Å²) in [6.07, 6.45) is 7.65. The van der Waals surface area contributed by atoms with Crippen molar-refractivity contribution in [2.24, 2.45) is 4.99 Å². The molecule has 5 rings (SSSR count). The minimum atomic E-state index is -0.315. The number of aliphatic imine (C=N–C) groups is 1. The molecule has 4 aliphatic rings. The summed E-state index contributed by atoms with van der Waals surface area (Å²) < 4.78 is 0. The highest BCUT2D eigenvalue weighted by molar-refractivity contribution is 6.02. The number of carbonyl (C=O) groups excluding carboxylic acids is 1. The number of aliphatic hydroxyl groups is 1. The van der Waals surface area contributed by atoms with Gasteiger partial charge in [-0.1, -0.05) is 24.3 Å². The van der Waals surface area contributed by atoms with E-state index in [1.54, 1.807) is 6.08 Å². The molecule has 6 heteroatoms. The molecule has 4 heterocycles. The molecule has 1 aromatic carbocycles. The van der Waals surface area contributed by atoms with E-state index >= 15 is 0 Å². The second-order valence-electron chi connectivity index (χ2n) is 7.38. The van der Waals surface area contributed by atoms with Crippen molar-refractivity contribution in [1.29, 1.82) is 0 Å². The number of nitrogens with zero attached hydrogens (tertiary/aromatic N) is 3. The van der Waals surface area contributed by atoms with E-state index in [4.69, 9.17) is 0 Å². The quantitative estimate of drug-likeness (QED) is 0.861. The smallest absolute Gasteiger partial charge is 0.248 e. The van der Waals surface area contributed by atoms with E-state index in [-0.39, 0.29) is 12.1 Å². The van der Waals surface area contributed by atoms with Crippen molar-refractivity contribution in [3.05, 3.63) is 70.7 Å². The van der Waals surface area contributed by atoms with Gasteiger partial charge >= 0.3 is 0 Å². The van der Waals surface area contributed by atoms with Gasteiger partial charge in [-0.05, 0) is 24.5 Å². The van der Waals surface area contributed by atoms with Crippen LogP contribution in [-0.4, -0.2) is 46.0 Å². The first-order valence-corrected chi connectivity index (χ1v) is 9.48. The standard InChI is InChI=1S/C21H22N4O2/c26-18-8-7-16-12-22-21(25-11-9-17(23-18)20(16)25)15-5-3-14(4-6-15)13-24-10-1-2-19(24)27/h3-8,12,19,27H,1-2,9-11,13H2,(H,23,26). The molecule has 27 heavy (non-hydrogen) atoms. The Balaban J connectivity index is 1.41. The number of rotatable bonds is 3. The third-order valence-electron chi connectivity index (χ3n) is 5.61. The van der Waals surface area contributed by atoms with Crippen LogP contribution in [0.1, 0.15) is 30.4 Å². The predicted octanol–water partition coefficient (Wildman–Crippen LogP) is 1.85. The second kappa shape index (κ2) is 6.48. The molecule has 1 amide bonds. The summed E-state index contributed by atoms with van der Waals surface area (Å²) in [4.78, 5) is 20.8. The maximum absolute atomic E-state index is 11.8. The van der Waals surface area contributed by atoms with Crippen LogP contribution in [0.25, 0.3) is 0 Å². The lowest BCUT2D eigenvalue weighted by Gasteiger charge is -2.27. The molecular formula is C21H22N4O2. The van der Waals surface area contributed by atoms with Gasteiger partial charge in [0.1, 0.15) is 12.1 Å². The van der Waals surface area contributed by atoms with Gasteiger partial charge in [-0.25, -0.2) is 4.99 Å². The highest BCUT2D eigenvalue weighted by atomic mass is 16.3. The maximum Gasteiger partial charge on any atom is 0.248 e. The summed E-state index contributed by atoms with van der Waals surface area (Å²) in [6, 6.07) is 8.42. The molecule has 0 aromatic heterocycles. The van der Waals surface area contributed by atoms with Crippen molar-refractivity contribution in [3.63, 3.8) is 0 Å². The zero-order valence-electron chi connectivity index (χ0n) is 15.1. The van der Waals surface area contributed by atoms with Gasteiger partial charge in [0.15, 0.2) is 0 Å². The number of amidine groups is 1. The zero-order valence-corrected chi connectivity index (χ0v) is 15.1. The highest BCUT2D eigenvalue weighted by Crippen LogP contribution is 2.34. The van der Waals surface area contributed by atoms with Gasteiger partial charge in [-0.3, -0.25) is 9.69 Å². The minimum Gasteiger partial charge on any atom is -0.378 e. The van der Waals surface area contributed by atoms with Crippen molar-refractivity contribution < 1.29 is 9.90 Å². The molecule has 1 unspecified atom stereocenters. The number of hydrogen-bond acceptors (Lipinski definition) is 5. The molecule has 0 radical (unpaired) electrons. The first-order chi connectivity index (χ1) is 13.2. The number of aliphatic hydroxyl groups excluding tert-OH is 1. The molecular weight excluding hydrogens is 340 g/mol. The molecule has 2 N–H and O–H groups in total. The molecule has 1 atom stereocenters. The number of carbonyl (C=O) groups is 1. The predicted molar refractivity (Wildman–Crippen MR) is 102 cm³/mol. The van der Waals surface area contributed by atoms with Crippen molar-refractivity contribution in [3.8, 4) is 0 Å². The molecule has 1 saturated heterocycles.